The standard InChI is InChI=1S/C16H18N2S2/c1-11-4-5-12(2)15(10-11)20-14-8-6-13(7-9-14)18-16(19)17-3/h4-10H,1-3H3,(H2,17,18,19). The summed E-state index contributed by atoms with van der Waals surface area (Å²) in [6.07, 6.45) is 0. The lowest BCUT2D eigenvalue weighted by atomic mass is 10.2. The number of nitrogens with one attached hydrogen (secondary N) is 2. The van der Waals surface area contributed by atoms with Crippen LogP contribution >= 0.6 is 24.0 Å². The molecule has 0 fully saturated rings. The molecule has 2 aromatic carbocycles. The zero-order valence-electron chi connectivity index (χ0n) is 11.9. The third-order valence-electron chi connectivity index (χ3n) is 2.91. The van der Waals surface area contributed by atoms with Crippen LogP contribution in [0.3, 0.4) is 0 Å². The van der Waals surface area contributed by atoms with Gasteiger partial charge in [-0.1, -0.05) is 23.9 Å². The number of hydrogen-bond acceptors (Lipinski definition) is 2. The summed E-state index contributed by atoms with van der Waals surface area (Å²) in [6, 6.07) is 14.8. The first kappa shape index (κ1) is 14.9. The average Bonchev–Trinajstić information content (AvgIpc) is 2.45. The second kappa shape index (κ2) is 6.77. The molecule has 0 amide bonds. The topological polar surface area (TPSA) is 24.1 Å². The molecule has 0 aromatic heterocycles. The smallest absolute Gasteiger partial charge is 0.170 e. The maximum Gasteiger partial charge on any atom is 0.170 e. The molecular weight excluding hydrogens is 284 g/mol. The minimum absolute atomic E-state index is 0.625. The lowest BCUT2D eigenvalue weighted by Crippen LogP contribution is -2.23. The molecule has 2 nitrogen and oxygen atoms in total. The fourth-order valence-corrected chi connectivity index (χ4v) is 2.86. The van der Waals surface area contributed by atoms with E-state index >= 15 is 0 Å². The average molecular weight is 302 g/mol. The maximum absolute atomic E-state index is 5.08. The van der Waals surface area contributed by atoms with Crippen molar-refractivity contribution in [2.24, 2.45) is 0 Å². The molecule has 0 saturated heterocycles. The molecular formula is C16H18N2S2. The number of hydrogen-bond donors (Lipinski definition) is 2. The van der Waals surface area contributed by atoms with Crippen LogP contribution in [0.25, 0.3) is 0 Å². The van der Waals surface area contributed by atoms with Crippen LogP contribution in [0.2, 0.25) is 0 Å². The van der Waals surface area contributed by atoms with Gasteiger partial charge in [-0.05, 0) is 67.5 Å². The zero-order valence-corrected chi connectivity index (χ0v) is 13.5. The second-order valence-corrected chi connectivity index (χ2v) is 6.12. The third kappa shape index (κ3) is 3.99. The van der Waals surface area contributed by atoms with E-state index < -0.39 is 0 Å². The van der Waals surface area contributed by atoms with Crippen LogP contribution < -0.4 is 10.6 Å². The van der Waals surface area contributed by atoms with Gasteiger partial charge in [-0.15, -0.1) is 0 Å². The van der Waals surface area contributed by atoms with E-state index in [9.17, 15) is 0 Å². The number of benzene rings is 2. The highest BCUT2D eigenvalue weighted by Gasteiger charge is 2.02. The highest BCUT2D eigenvalue weighted by molar-refractivity contribution is 7.99. The Morgan fingerprint density at radius 3 is 2.40 bits per heavy atom. The summed E-state index contributed by atoms with van der Waals surface area (Å²) in [5, 5.41) is 6.64. The molecule has 0 unspecified atom stereocenters. The van der Waals surface area contributed by atoms with E-state index in [0.29, 0.717) is 5.11 Å². The highest BCUT2D eigenvalue weighted by atomic mass is 32.2. The summed E-state index contributed by atoms with van der Waals surface area (Å²) in [4.78, 5) is 2.52. The first-order chi connectivity index (χ1) is 9.58. The van der Waals surface area contributed by atoms with Gasteiger partial charge in [0, 0.05) is 22.5 Å². The summed E-state index contributed by atoms with van der Waals surface area (Å²) >= 11 is 6.86. The quantitative estimate of drug-likeness (QED) is 0.822. The van der Waals surface area contributed by atoms with Gasteiger partial charge < -0.3 is 10.6 Å². The monoisotopic (exact) mass is 302 g/mol. The molecule has 0 saturated carbocycles. The number of aryl methyl sites for hydroxylation is 2. The van der Waals surface area contributed by atoms with E-state index in [2.05, 4.69) is 54.8 Å². The molecule has 2 N–H and O–H groups in total. The molecule has 104 valence electrons. The van der Waals surface area contributed by atoms with Crippen molar-refractivity contribution in [1.82, 2.24) is 5.32 Å². The molecule has 0 aliphatic heterocycles. The van der Waals surface area contributed by atoms with Crippen molar-refractivity contribution in [3.63, 3.8) is 0 Å². The van der Waals surface area contributed by atoms with E-state index in [1.165, 1.54) is 20.9 Å². The summed E-state index contributed by atoms with van der Waals surface area (Å²) in [5.74, 6) is 0. The van der Waals surface area contributed by atoms with Gasteiger partial charge in [-0.3, -0.25) is 0 Å². The molecule has 2 aromatic rings. The zero-order chi connectivity index (χ0) is 14.5. The van der Waals surface area contributed by atoms with Crippen molar-refractivity contribution >= 4 is 34.8 Å². The summed E-state index contributed by atoms with van der Waals surface area (Å²) in [5.41, 5.74) is 3.59. The predicted molar refractivity (Wildman–Crippen MR) is 91.8 cm³/mol. The van der Waals surface area contributed by atoms with Gasteiger partial charge in [-0.2, -0.15) is 0 Å². The Morgan fingerprint density at radius 1 is 1.05 bits per heavy atom. The van der Waals surface area contributed by atoms with Gasteiger partial charge >= 0.3 is 0 Å². The molecule has 0 heterocycles. The van der Waals surface area contributed by atoms with Crippen LogP contribution in [-0.2, 0) is 0 Å². The van der Waals surface area contributed by atoms with E-state index in [4.69, 9.17) is 12.2 Å². The van der Waals surface area contributed by atoms with Gasteiger partial charge in [0.1, 0.15) is 0 Å². The van der Waals surface area contributed by atoms with Crippen molar-refractivity contribution in [3.8, 4) is 0 Å². The van der Waals surface area contributed by atoms with Crippen molar-refractivity contribution < 1.29 is 0 Å². The van der Waals surface area contributed by atoms with Crippen LogP contribution in [-0.4, -0.2) is 12.2 Å². The van der Waals surface area contributed by atoms with Crippen molar-refractivity contribution in [1.29, 1.82) is 0 Å². The van der Waals surface area contributed by atoms with Gasteiger partial charge in [-0.25, -0.2) is 0 Å². The molecule has 0 aliphatic carbocycles. The third-order valence-corrected chi connectivity index (χ3v) is 4.38. The van der Waals surface area contributed by atoms with E-state index in [1.54, 1.807) is 18.8 Å². The minimum Gasteiger partial charge on any atom is -0.366 e. The van der Waals surface area contributed by atoms with Crippen molar-refractivity contribution in [2.75, 3.05) is 12.4 Å². The van der Waals surface area contributed by atoms with Gasteiger partial charge in [0.15, 0.2) is 5.11 Å². The van der Waals surface area contributed by atoms with Crippen LogP contribution in [0.1, 0.15) is 11.1 Å². The number of rotatable bonds is 3. The molecule has 0 spiro atoms. The molecule has 20 heavy (non-hydrogen) atoms. The molecule has 4 heteroatoms. The predicted octanol–water partition coefficient (Wildman–Crippen LogP) is 4.37. The Hall–Kier alpha value is -1.52. The van der Waals surface area contributed by atoms with Gasteiger partial charge in [0.25, 0.3) is 0 Å². The fraction of sp³-hybridized carbons (Fsp3) is 0.188. The first-order valence-corrected chi connectivity index (χ1v) is 7.65. The number of thiocarbonyl (C=S) groups is 1. The maximum atomic E-state index is 5.08. The normalized spacial score (nSPS) is 10.2. The molecule has 0 bridgehead atoms. The fourth-order valence-electron chi connectivity index (χ4n) is 1.74. The Balaban J connectivity index is 2.10. The SMILES string of the molecule is CNC(=S)Nc1ccc(Sc2cc(C)ccc2C)cc1. The summed E-state index contributed by atoms with van der Waals surface area (Å²) < 4.78 is 0. The van der Waals surface area contributed by atoms with Crippen LogP contribution in [0, 0.1) is 13.8 Å². The van der Waals surface area contributed by atoms with Crippen molar-refractivity contribution in [3.05, 3.63) is 53.6 Å². The lowest BCUT2D eigenvalue weighted by Gasteiger charge is -2.09. The molecule has 2 rings (SSSR count). The summed E-state index contributed by atoms with van der Waals surface area (Å²) in [7, 11) is 1.81. The minimum atomic E-state index is 0.625. The Kier molecular flexibility index (Phi) is 5.04. The Bertz CT molecular complexity index is 606. The Morgan fingerprint density at radius 2 is 1.75 bits per heavy atom. The highest BCUT2D eigenvalue weighted by Crippen LogP contribution is 2.31. The van der Waals surface area contributed by atoms with E-state index in [0.717, 1.165) is 5.69 Å². The molecule has 0 atom stereocenters. The lowest BCUT2D eigenvalue weighted by molar-refractivity contribution is 1.19. The van der Waals surface area contributed by atoms with E-state index in [1.807, 2.05) is 12.1 Å². The van der Waals surface area contributed by atoms with Gasteiger partial charge in [0.05, 0.1) is 0 Å². The first-order valence-electron chi connectivity index (χ1n) is 6.42. The van der Waals surface area contributed by atoms with Gasteiger partial charge in [0.2, 0.25) is 0 Å². The van der Waals surface area contributed by atoms with Crippen molar-refractivity contribution in [2.45, 2.75) is 23.6 Å². The summed E-state index contributed by atoms with van der Waals surface area (Å²) in [6.45, 7) is 4.26. The van der Waals surface area contributed by atoms with Crippen LogP contribution in [0.4, 0.5) is 5.69 Å². The molecule has 0 aliphatic rings. The Labute approximate surface area is 130 Å². The number of anilines is 1. The largest absolute Gasteiger partial charge is 0.366 e. The van der Waals surface area contributed by atoms with Crippen LogP contribution in [0.15, 0.2) is 52.3 Å². The van der Waals surface area contributed by atoms with Crippen LogP contribution in [0.5, 0.6) is 0 Å². The molecule has 0 radical (unpaired) electrons. The van der Waals surface area contributed by atoms with E-state index in [-0.39, 0.29) is 0 Å². The second-order valence-electron chi connectivity index (χ2n) is 4.60.